The van der Waals surface area contributed by atoms with Crippen LogP contribution < -0.4 is 0 Å². The fraction of sp³-hybridized carbons (Fsp3) is 0.556. The second-order valence-electron chi connectivity index (χ2n) is 3.71. The first-order valence-electron chi connectivity index (χ1n) is 4.68. The van der Waals surface area contributed by atoms with Gasteiger partial charge in [-0.1, -0.05) is 23.2 Å². The molecule has 0 aliphatic carbocycles. The summed E-state index contributed by atoms with van der Waals surface area (Å²) < 4.78 is 10.7. The summed E-state index contributed by atoms with van der Waals surface area (Å²) in [5, 5.41) is 7.70. The highest BCUT2D eigenvalue weighted by Crippen LogP contribution is 2.17. The molecule has 0 heterocycles. The molecule has 7 heteroatoms. The van der Waals surface area contributed by atoms with Crippen LogP contribution in [0.2, 0.25) is 6.55 Å². The Kier molecular flexibility index (Phi) is 6.70. The SMILES string of the molecule is CC(C)=NO[Si](C)(C=C(Cl)Cl)ON=C(C)C. The molecule has 0 N–H and O–H groups in total. The number of hydrogen-bond donors (Lipinski definition) is 0. The maximum atomic E-state index is 5.60. The smallest absolute Gasteiger partial charge is 0.404 e. The van der Waals surface area contributed by atoms with Crippen molar-refractivity contribution in [3.05, 3.63) is 10.2 Å². The molecule has 0 amide bonds. The van der Waals surface area contributed by atoms with Crippen LogP contribution in [0.5, 0.6) is 0 Å². The van der Waals surface area contributed by atoms with Crippen LogP contribution in [0.3, 0.4) is 0 Å². The molecule has 0 radical (unpaired) electrons. The molecule has 0 spiro atoms. The van der Waals surface area contributed by atoms with Crippen molar-refractivity contribution in [2.45, 2.75) is 34.2 Å². The lowest BCUT2D eigenvalue weighted by Gasteiger charge is -2.17. The van der Waals surface area contributed by atoms with E-state index >= 15 is 0 Å². The van der Waals surface area contributed by atoms with Gasteiger partial charge in [-0.3, -0.25) is 0 Å². The highest BCUT2D eigenvalue weighted by atomic mass is 35.5. The normalized spacial score (nSPS) is 10.2. The molecule has 0 saturated heterocycles. The topological polar surface area (TPSA) is 43.2 Å². The third-order valence-corrected chi connectivity index (χ3v) is 3.50. The van der Waals surface area contributed by atoms with Gasteiger partial charge in [0.1, 0.15) is 4.49 Å². The van der Waals surface area contributed by atoms with Crippen molar-refractivity contribution in [1.29, 1.82) is 0 Å². The maximum absolute atomic E-state index is 5.60. The quantitative estimate of drug-likeness (QED) is 0.438. The molecule has 0 aromatic rings. The summed E-state index contributed by atoms with van der Waals surface area (Å²) in [6.07, 6.45) is 0. The average molecular weight is 283 g/mol. The van der Waals surface area contributed by atoms with Crippen LogP contribution in [0.1, 0.15) is 27.7 Å². The van der Waals surface area contributed by atoms with E-state index in [0.717, 1.165) is 11.4 Å². The fourth-order valence-electron chi connectivity index (χ4n) is 0.631. The van der Waals surface area contributed by atoms with Crippen molar-refractivity contribution in [2.24, 2.45) is 10.3 Å². The predicted octanol–water partition coefficient (Wildman–Crippen LogP) is 3.74. The molecule has 0 saturated carbocycles. The Balaban J connectivity index is 4.82. The standard InChI is InChI=1S/C9H16Cl2N2O2Si/c1-7(2)12-14-16(5,6-9(10)11)15-13-8(3)4/h6H,1-5H3. The summed E-state index contributed by atoms with van der Waals surface area (Å²) in [7, 11) is -2.74. The van der Waals surface area contributed by atoms with Crippen LogP contribution in [0, 0.1) is 0 Å². The minimum absolute atomic E-state index is 0.0853. The molecule has 0 aromatic heterocycles. The predicted molar refractivity (Wildman–Crippen MR) is 71.1 cm³/mol. The minimum atomic E-state index is -2.74. The number of halogens is 2. The van der Waals surface area contributed by atoms with Crippen LogP contribution in [-0.4, -0.2) is 20.0 Å². The summed E-state index contributed by atoms with van der Waals surface area (Å²) in [6.45, 7) is 9.01. The van der Waals surface area contributed by atoms with Gasteiger partial charge in [0.15, 0.2) is 0 Å². The van der Waals surface area contributed by atoms with Crippen molar-refractivity contribution >= 4 is 43.2 Å². The summed E-state index contributed by atoms with van der Waals surface area (Å²) in [5.41, 5.74) is 3.06. The second kappa shape index (κ2) is 6.93. The molecule has 0 bridgehead atoms. The third kappa shape index (κ3) is 7.73. The van der Waals surface area contributed by atoms with Crippen LogP contribution >= 0.6 is 23.2 Å². The molecule has 0 atom stereocenters. The molecule has 4 nitrogen and oxygen atoms in total. The van der Waals surface area contributed by atoms with Gasteiger partial charge in [-0.25, -0.2) is 0 Å². The van der Waals surface area contributed by atoms with Gasteiger partial charge in [0.25, 0.3) is 0 Å². The summed E-state index contributed by atoms with van der Waals surface area (Å²) in [5.74, 6) is 0. The second-order valence-corrected chi connectivity index (χ2v) is 7.40. The minimum Gasteiger partial charge on any atom is -0.404 e. The monoisotopic (exact) mass is 282 g/mol. The Labute approximate surface area is 107 Å². The largest absolute Gasteiger partial charge is 0.534 e. The molecule has 0 aromatic carbocycles. The Hall–Kier alpha value is -0.523. The molecule has 92 valence electrons. The van der Waals surface area contributed by atoms with E-state index in [-0.39, 0.29) is 4.49 Å². The lowest BCUT2D eigenvalue weighted by molar-refractivity contribution is 0.197. The summed E-state index contributed by atoms with van der Waals surface area (Å²) in [4.78, 5) is 0. The lowest BCUT2D eigenvalue weighted by atomic mass is 10.5. The van der Waals surface area contributed by atoms with Crippen molar-refractivity contribution in [3.8, 4) is 0 Å². The zero-order valence-corrected chi connectivity index (χ0v) is 12.6. The van der Waals surface area contributed by atoms with Gasteiger partial charge in [0, 0.05) is 23.7 Å². The van der Waals surface area contributed by atoms with Crippen LogP contribution in [0.4, 0.5) is 0 Å². The molecule has 0 aliphatic rings. The summed E-state index contributed by atoms with van der Waals surface area (Å²) in [6, 6.07) is 0. The zero-order valence-electron chi connectivity index (χ0n) is 10.0. The van der Waals surface area contributed by atoms with E-state index in [2.05, 4.69) is 10.3 Å². The van der Waals surface area contributed by atoms with E-state index in [9.17, 15) is 0 Å². The summed E-state index contributed by atoms with van der Waals surface area (Å²) >= 11 is 11.2. The molecular weight excluding hydrogens is 267 g/mol. The molecule has 0 fully saturated rings. The number of oxime groups is 2. The average Bonchev–Trinajstić information content (AvgIpc) is 2.11. The third-order valence-electron chi connectivity index (χ3n) is 1.19. The van der Waals surface area contributed by atoms with E-state index in [4.69, 9.17) is 32.3 Å². The Morgan fingerprint density at radius 3 is 1.62 bits per heavy atom. The van der Waals surface area contributed by atoms with Gasteiger partial charge in [-0.15, -0.1) is 10.3 Å². The van der Waals surface area contributed by atoms with E-state index in [1.807, 2.05) is 27.7 Å². The van der Waals surface area contributed by atoms with Crippen LogP contribution in [0.25, 0.3) is 0 Å². The van der Waals surface area contributed by atoms with Crippen LogP contribution in [0.15, 0.2) is 20.5 Å². The van der Waals surface area contributed by atoms with Gasteiger partial charge in [-0.2, -0.15) is 0 Å². The Morgan fingerprint density at radius 2 is 1.38 bits per heavy atom. The lowest BCUT2D eigenvalue weighted by Crippen LogP contribution is -2.34. The van der Waals surface area contributed by atoms with Gasteiger partial charge in [0.2, 0.25) is 0 Å². The van der Waals surface area contributed by atoms with Crippen molar-refractivity contribution in [2.75, 3.05) is 0 Å². The van der Waals surface area contributed by atoms with Crippen molar-refractivity contribution in [1.82, 2.24) is 0 Å². The molecule has 0 aliphatic heterocycles. The molecule has 0 unspecified atom stereocenters. The van der Waals surface area contributed by atoms with E-state index in [1.54, 1.807) is 6.55 Å². The fourth-order valence-corrected chi connectivity index (χ4v) is 3.08. The number of rotatable bonds is 5. The molecule has 0 rings (SSSR count). The number of hydrogen-bond acceptors (Lipinski definition) is 4. The van der Waals surface area contributed by atoms with Gasteiger partial charge >= 0.3 is 8.56 Å². The molecule has 16 heavy (non-hydrogen) atoms. The van der Waals surface area contributed by atoms with Crippen LogP contribution in [-0.2, 0) is 9.05 Å². The van der Waals surface area contributed by atoms with Gasteiger partial charge in [0.05, 0.1) is 0 Å². The van der Waals surface area contributed by atoms with Gasteiger partial charge in [-0.05, 0) is 27.7 Å². The maximum Gasteiger partial charge on any atom is 0.534 e. The first-order valence-corrected chi connectivity index (χ1v) is 7.83. The van der Waals surface area contributed by atoms with Gasteiger partial charge < -0.3 is 9.05 Å². The number of nitrogens with zero attached hydrogens (tertiary/aromatic N) is 2. The van der Waals surface area contributed by atoms with Crippen molar-refractivity contribution in [3.63, 3.8) is 0 Å². The van der Waals surface area contributed by atoms with E-state index in [0.29, 0.717) is 0 Å². The highest BCUT2D eigenvalue weighted by Gasteiger charge is 2.35. The highest BCUT2D eigenvalue weighted by molar-refractivity contribution is 6.74. The van der Waals surface area contributed by atoms with E-state index < -0.39 is 8.56 Å². The Morgan fingerprint density at radius 1 is 1.00 bits per heavy atom. The van der Waals surface area contributed by atoms with Crippen molar-refractivity contribution < 1.29 is 9.05 Å². The molecular formula is C9H16Cl2N2O2Si. The first-order chi connectivity index (χ1) is 7.25. The zero-order chi connectivity index (χ0) is 12.8. The Bertz CT molecular complexity index is 297. The van der Waals surface area contributed by atoms with E-state index in [1.165, 1.54) is 5.70 Å². The first kappa shape index (κ1) is 15.5.